The standard InChI is InChI=1S/C11H19N3S/c1-8-11(15-14-13-8)10(12-2)7-9-5-3-4-6-9/h9-10,12H,3-7H2,1-2H3. The lowest BCUT2D eigenvalue weighted by atomic mass is 9.97. The van der Waals surface area contributed by atoms with E-state index in [1.165, 1.54) is 37.0 Å². The predicted molar refractivity (Wildman–Crippen MR) is 63.0 cm³/mol. The highest BCUT2D eigenvalue weighted by Gasteiger charge is 2.22. The summed E-state index contributed by atoms with van der Waals surface area (Å²) in [4.78, 5) is 1.32. The SMILES string of the molecule is CNC(CC1CCCC1)c1snnc1C. The second-order valence-corrected chi connectivity index (χ2v) is 5.24. The summed E-state index contributed by atoms with van der Waals surface area (Å²) in [5.41, 5.74) is 1.09. The molecule has 1 heterocycles. The van der Waals surface area contributed by atoms with E-state index in [2.05, 4.69) is 21.8 Å². The van der Waals surface area contributed by atoms with E-state index >= 15 is 0 Å². The molecule has 15 heavy (non-hydrogen) atoms. The molecule has 0 aliphatic heterocycles. The van der Waals surface area contributed by atoms with Crippen molar-refractivity contribution in [3.8, 4) is 0 Å². The van der Waals surface area contributed by atoms with E-state index in [0.717, 1.165) is 11.6 Å². The smallest absolute Gasteiger partial charge is 0.0772 e. The van der Waals surface area contributed by atoms with Crippen LogP contribution in [0.4, 0.5) is 0 Å². The van der Waals surface area contributed by atoms with Crippen LogP contribution in [0.15, 0.2) is 0 Å². The summed E-state index contributed by atoms with van der Waals surface area (Å²) in [5.74, 6) is 0.906. The van der Waals surface area contributed by atoms with Crippen LogP contribution in [0, 0.1) is 12.8 Å². The molecule has 4 heteroatoms. The number of aromatic nitrogens is 2. The Morgan fingerprint density at radius 3 is 2.73 bits per heavy atom. The minimum Gasteiger partial charge on any atom is -0.312 e. The van der Waals surface area contributed by atoms with Crippen LogP contribution in [0.3, 0.4) is 0 Å². The Morgan fingerprint density at radius 2 is 2.20 bits per heavy atom. The Labute approximate surface area is 95.4 Å². The maximum atomic E-state index is 4.09. The first kappa shape index (κ1) is 11.0. The summed E-state index contributed by atoms with van der Waals surface area (Å²) in [6, 6.07) is 0.466. The fraction of sp³-hybridized carbons (Fsp3) is 0.818. The van der Waals surface area contributed by atoms with Crippen molar-refractivity contribution in [3.63, 3.8) is 0 Å². The van der Waals surface area contributed by atoms with Crippen LogP contribution in [-0.4, -0.2) is 16.6 Å². The van der Waals surface area contributed by atoms with Crippen molar-refractivity contribution in [2.45, 2.75) is 45.1 Å². The van der Waals surface area contributed by atoms with Crippen molar-refractivity contribution in [2.24, 2.45) is 5.92 Å². The van der Waals surface area contributed by atoms with Gasteiger partial charge in [0.05, 0.1) is 10.6 Å². The Bertz CT molecular complexity index is 305. The average Bonchev–Trinajstić information content (AvgIpc) is 2.85. The Hall–Kier alpha value is -0.480. The molecule has 1 atom stereocenters. The third-order valence-corrected chi connectivity index (χ3v) is 4.34. The van der Waals surface area contributed by atoms with E-state index in [-0.39, 0.29) is 0 Å². The highest BCUT2D eigenvalue weighted by Crippen LogP contribution is 2.34. The largest absolute Gasteiger partial charge is 0.312 e. The molecular formula is C11H19N3S. The third-order valence-electron chi connectivity index (χ3n) is 3.40. The Morgan fingerprint density at radius 1 is 1.47 bits per heavy atom. The fourth-order valence-electron chi connectivity index (χ4n) is 2.49. The Kier molecular flexibility index (Phi) is 3.70. The highest BCUT2D eigenvalue weighted by molar-refractivity contribution is 7.05. The van der Waals surface area contributed by atoms with Gasteiger partial charge in [-0.3, -0.25) is 0 Å². The van der Waals surface area contributed by atoms with Gasteiger partial charge in [0.2, 0.25) is 0 Å². The van der Waals surface area contributed by atoms with Gasteiger partial charge < -0.3 is 5.32 Å². The summed E-state index contributed by atoms with van der Waals surface area (Å²) in [5, 5.41) is 7.49. The minimum absolute atomic E-state index is 0.466. The predicted octanol–water partition coefficient (Wildman–Crippen LogP) is 2.69. The van der Waals surface area contributed by atoms with E-state index in [1.807, 2.05) is 7.05 Å². The zero-order valence-corrected chi connectivity index (χ0v) is 10.3. The van der Waals surface area contributed by atoms with E-state index in [9.17, 15) is 0 Å². The van der Waals surface area contributed by atoms with Crippen molar-refractivity contribution in [1.82, 2.24) is 14.9 Å². The molecule has 0 aromatic carbocycles. The van der Waals surface area contributed by atoms with Gasteiger partial charge in [-0.05, 0) is 37.8 Å². The molecule has 1 N–H and O–H groups in total. The monoisotopic (exact) mass is 225 g/mol. The van der Waals surface area contributed by atoms with Crippen LogP contribution < -0.4 is 5.32 Å². The normalized spacial score (nSPS) is 19.6. The van der Waals surface area contributed by atoms with Crippen molar-refractivity contribution < 1.29 is 0 Å². The van der Waals surface area contributed by atoms with Gasteiger partial charge >= 0.3 is 0 Å². The number of rotatable bonds is 4. The van der Waals surface area contributed by atoms with Gasteiger partial charge in [-0.15, -0.1) is 5.10 Å². The van der Waals surface area contributed by atoms with Crippen LogP contribution in [-0.2, 0) is 0 Å². The molecule has 0 spiro atoms. The van der Waals surface area contributed by atoms with E-state index in [4.69, 9.17) is 0 Å². The molecule has 0 bridgehead atoms. The molecule has 1 aromatic heterocycles. The first-order chi connectivity index (χ1) is 7.31. The van der Waals surface area contributed by atoms with Gasteiger partial charge in [0.1, 0.15) is 0 Å². The van der Waals surface area contributed by atoms with Gasteiger partial charge in [0, 0.05) is 6.04 Å². The van der Waals surface area contributed by atoms with E-state index < -0.39 is 0 Å². The minimum atomic E-state index is 0.466. The molecule has 1 fully saturated rings. The lowest BCUT2D eigenvalue weighted by Crippen LogP contribution is -2.18. The average molecular weight is 225 g/mol. The molecule has 1 aliphatic rings. The molecule has 2 rings (SSSR count). The van der Waals surface area contributed by atoms with Crippen LogP contribution in [0.1, 0.15) is 48.7 Å². The highest BCUT2D eigenvalue weighted by atomic mass is 32.1. The van der Waals surface area contributed by atoms with Crippen LogP contribution >= 0.6 is 11.5 Å². The second-order valence-electron chi connectivity index (χ2n) is 4.45. The molecule has 1 saturated carbocycles. The number of hydrogen-bond acceptors (Lipinski definition) is 4. The quantitative estimate of drug-likeness (QED) is 0.856. The molecule has 1 aliphatic carbocycles. The second kappa shape index (κ2) is 5.03. The molecule has 0 radical (unpaired) electrons. The molecule has 1 unspecified atom stereocenters. The number of aryl methyl sites for hydroxylation is 1. The maximum Gasteiger partial charge on any atom is 0.0772 e. The summed E-state index contributed by atoms with van der Waals surface area (Å²) in [7, 11) is 2.04. The zero-order chi connectivity index (χ0) is 10.7. The first-order valence-electron chi connectivity index (χ1n) is 5.77. The van der Waals surface area contributed by atoms with Gasteiger partial charge in [-0.1, -0.05) is 30.2 Å². The lowest BCUT2D eigenvalue weighted by Gasteiger charge is -2.18. The topological polar surface area (TPSA) is 37.8 Å². The number of nitrogens with one attached hydrogen (secondary N) is 1. The summed E-state index contributed by atoms with van der Waals surface area (Å²) in [6.45, 7) is 2.05. The molecule has 3 nitrogen and oxygen atoms in total. The number of hydrogen-bond donors (Lipinski definition) is 1. The van der Waals surface area contributed by atoms with Crippen LogP contribution in [0.25, 0.3) is 0 Å². The summed E-state index contributed by atoms with van der Waals surface area (Å²) < 4.78 is 4.02. The van der Waals surface area contributed by atoms with Crippen molar-refractivity contribution in [1.29, 1.82) is 0 Å². The maximum absolute atomic E-state index is 4.09. The van der Waals surface area contributed by atoms with Crippen molar-refractivity contribution >= 4 is 11.5 Å². The van der Waals surface area contributed by atoms with Crippen LogP contribution in [0.5, 0.6) is 0 Å². The molecular weight excluding hydrogens is 206 g/mol. The van der Waals surface area contributed by atoms with Crippen LogP contribution in [0.2, 0.25) is 0 Å². The van der Waals surface area contributed by atoms with Gasteiger partial charge in [-0.25, -0.2) is 0 Å². The lowest BCUT2D eigenvalue weighted by molar-refractivity contribution is 0.416. The summed E-state index contributed by atoms with van der Waals surface area (Å²) >= 11 is 1.54. The van der Waals surface area contributed by atoms with Gasteiger partial charge in [-0.2, -0.15) is 0 Å². The zero-order valence-electron chi connectivity index (χ0n) is 9.49. The first-order valence-corrected chi connectivity index (χ1v) is 6.54. The molecule has 84 valence electrons. The summed E-state index contributed by atoms with van der Waals surface area (Å²) in [6.07, 6.45) is 6.90. The van der Waals surface area contributed by atoms with E-state index in [1.54, 1.807) is 11.5 Å². The molecule has 0 saturated heterocycles. The number of nitrogens with zero attached hydrogens (tertiary/aromatic N) is 2. The van der Waals surface area contributed by atoms with E-state index in [0.29, 0.717) is 6.04 Å². The molecule has 1 aromatic rings. The van der Waals surface area contributed by atoms with Crippen molar-refractivity contribution in [2.75, 3.05) is 7.05 Å². The van der Waals surface area contributed by atoms with Gasteiger partial charge in [0.15, 0.2) is 0 Å². The molecule has 0 amide bonds. The van der Waals surface area contributed by atoms with Gasteiger partial charge in [0.25, 0.3) is 0 Å². The third kappa shape index (κ3) is 2.55. The van der Waals surface area contributed by atoms with Crippen molar-refractivity contribution in [3.05, 3.63) is 10.6 Å². The fourth-order valence-corrected chi connectivity index (χ4v) is 3.26. The Balaban J connectivity index is 2.00.